The summed E-state index contributed by atoms with van der Waals surface area (Å²) in [6, 6.07) is 0.936. The van der Waals surface area contributed by atoms with Crippen molar-refractivity contribution in [1.82, 2.24) is 14.7 Å². The van der Waals surface area contributed by atoms with Crippen molar-refractivity contribution in [3.8, 4) is 0 Å². The molecule has 0 spiro atoms. The lowest BCUT2D eigenvalue weighted by atomic mass is 9.75. The Labute approximate surface area is 156 Å². The molecule has 26 heavy (non-hydrogen) atoms. The molecular weight excluding hydrogens is 330 g/mol. The van der Waals surface area contributed by atoms with Crippen LogP contribution in [0.15, 0.2) is 0 Å². The summed E-state index contributed by atoms with van der Waals surface area (Å²) in [7, 11) is 0. The average Bonchev–Trinajstić information content (AvgIpc) is 3.16. The van der Waals surface area contributed by atoms with Crippen molar-refractivity contribution < 1.29 is 14.3 Å². The number of amides is 2. The van der Waals surface area contributed by atoms with Crippen molar-refractivity contribution >= 4 is 12.0 Å². The smallest absolute Gasteiger partial charge is 0.410 e. The lowest BCUT2D eigenvalue weighted by molar-refractivity contribution is -0.133. The summed E-state index contributed by atoms with van der Waals surface area (Å²) < 4.78 is 5.23. The summed E-state index contributed by atoms with van der Waals surface area (Å²) in [5, 5.41) is 0. The Morgan fingerprint density at radius 2 is 1.73 bits per heavy atom. The van der Waals surface area contributed by atoms with Crippen LogP contribution in [0.2, 0.25) is 0 Å². The van der Waals surface area contributed by atoms with E-state index in [2.05, 4.69) is 18.7 Å². The number of carbonyl (C=O) groups excluding carboxylic acids is 2. The van der Waals surface area contributed by atoms with Crippen LogP contribution in [0.5, 0.6) is 0 Å². The van der Waals surface area contributed by atoms with Crippen molar-refractivity contribution in [2.75, 3.05) is 39.3 Å². The number of ether oxygens (including phenoxy) is 1. The third-order valence-corrected chi connectivity index (χ3v) is 7.35. The van der Waals surface area contributed by atoms with E-state index in [4.69, 9.17) is 4.74 Å². The van der Waals surface area contributed by atoms with Gasteiger partial charge in [-0.25, -0.2) is 4.79 Å². The van der Waals surface area contributed by atoms with E-state index >= 15 is 0 Å². The number of nitrogens with zero attached hydrogens (tertiary/aromatic N) is 3. The van der Waals surface area contributed by atoms with Crippen molar-refractivity contribution in [1.29, 1.82) is 0 Å². The molecule has 3 aliphatic heterocycles. The van der Waals surface area contributed by atoms with Crippen LogP contribution in [0.3, 0.4) is 0 Å². The van der Waals surface area contributed by atoms with Gasteiger partial charge in [0.05, 0.1) is 6.61 Å². The van der Waals surface area contributed by atoms with Gasteiger partial charge in [-0.15, -0.1) is 0 Å². The summed E-state index contributed by atoms with van der Waals surface area (Å²) in [6.45, 7) is 11.1. The molecule has 0 unspecified atom stereocenters. The Hall–Kier alpha value is -1.30. The minimum Gasteiger partial charge on any atom is -0.450 e. The van der Waals surface area contributed by atoms with E-state index in [9.17, 15) is 9.59 Å². The Morgan fingerprint density at radius 1 is 1.04 bits per heavy atom. The van der Waals surface area contributed by atoms with Gasteiger partial charge in [0.25, 0.3) is 0 Å². The summed E-state index contributed by atoms with van der Waals surface area (Å²) >= 11 is 0. The Morgan fingerprint density at radius 3 is 2.27 bits per heavy atom. The van der Waals surface area contributed by atoms with Gasteiger partial charge in [-0.3, -0.25) is 9.69 Å². The van der Waals surface area contributed by atoms with Crippen molar-refractivity contribution in [3.05, 3.63) is 0 Å². The maximum Gasteiger partial charge on any atom is 0.410 e. The van der Waals surface area contributed by atoms with Gasteiger partial charge in [0.2, 0.25) is 5.91 Å². The molecule has 2 aliphatic carbocycles. The van der Waals surface area contributed by atoms with Gasteiger partial charge in [-0.1, -0.05) is 0 Å². The highest BCUT2D eigenvalue weighted by molar-refractivity contribution is 5.82. The Bertz CT molecular complexity index is 553. The van der Waals surface area contributed by atoms with Crippen LogP contribution in [0.4, 0.5) is 4.79 Å². The lowest BCUT2D eigenvalue weighted by Crippen LogP contribution is -2.60. The second kappa shape index (κ2) is 7.02. The van der Waals surface area contributed by atoms with Crippen molar-refractivity contribution in [3.63, 3.8) is 0 Å². The normalized spacial score (nSPS) is 38.2. The lowest BCUT2D eigenvalue weighted by Gasteiger charge is -2.51. The zero-order chi connectivity index (χ0) is 18.4. The topological polar surface area (TPSA) is 53.1 Å². The van der Waals surface area contributed by atoms with Crippen LogP contribution < -0.4 is 0 Å². The second-order valence-electron chi connectivity index (χ2n) is 8.46. The monoisotopic (exact) mass is 363 g/mol. The van der Waals surface area contributed by atoms with Gasteiger partial charge in [0.15, 0.2) is 0 Å². The van der Waals surface area contributed by atoms with Gasteiger partial charge >= 0.3 is 6.09 Å². The molecule has 0 aromatic rings. The Kier molecular flexibility index (Phi) is 4.88. The molecule has 2 amide bonds. The summed E-state index contributed by atoms with van der Waals surface area (Å²) in [4.78, 5) is 31.4. The molecule has 2 bridgehead atoms. The van der Waals surface area contributed by atoms with Gasteiger partial charge in [0.1, 0.15) is 0 Å². The highest BCUT2D eigenvalue weighted by Crippen LogP contribution is 2.54. The number of rotatable bonds is 5. The number of carbonyl (C=O) groups is 2. The fraction of sp³-hybridized carbons (Fsp3) is 0.900. The first-order chi connectivity index (χ1) is 12.6. The van der Waals surface area contributed by atoms with Crippen LogP contribution >= 0.6 is 0 Å². The minimum absolute atomic E-state index is 0.130. The quantitative estimate of drug-likeness (QED) is 0.750. The molecule has 0 N–H and O–H groups in total. The van der Waals surface area contributed by atoms with E-state index in [0.29, 0.717) is 42.4 Å². The van der Waals surface area contributed by atoms with Crippen LogP contribution in [0, 0.1) is 23.7 Å². The summed E-state index contributed by atoms with van der Waals surface area (Å²) in [5.41, 5.74) is 0. The number of fused-ring (bicyclic) bond motifs is 4. The molecule has 5 fully saturated rings. The molecule has 5 rings (SSSR count). The average molecular weight is 364 g/mol. The first kappa shape index (κ1) is 18.1. The molecular formula is C20H33N3O3. The number of hydrogen-bond donors (Lipinski definition) is 0. The van der Waals surface area contributed by atoms with Gasteiger partial charge in [-0.05, 0) is 57.8 Å². The summed E-state index contributed by atoms with van der Waals surface area (Å²) in [5.74, 6) is 2.37. The van der Waals surface area contributed by atoms with E-state index in [-0.39, 0.29) is 12.0 Å². The van der Waals surface area contributed by atoms with E-state index in [1.807, 2.05) is 16.7 Å². The molecule has 6 nitrogen and oxygen atoms in total. The van der Waals surface area contributed by atoms with Crippen molar-refractivity contribution in [2.45, 2.75) is 52.1 Å². The fourth-order valence-corrected chi connectivity index (χ4v) is 5.91. The molecule has 0 aromatic heterocycles. The standard InChI is InChI=1S/C20H33N3O3/c1-4-21(5-2)19(24)18-15-11-22(12-16(15)18)17-9-14-8-7-13(17)10-23(14)20(25)26-6-3/h13-18H,4-12H2,1-3H3/t13-,14-,15-,16-,17-/m0/s1. The highest BCUT2D eigenvalue weighted by atomic mass is 16.6. The highest BCUT2D eigenvalue weighted by Gasteiger charge is 2.61. The predicted molar refractivity (Wildman–Crippen MR) is 98.6 cm³/mol. The molecule has 5 aliphatic rings. The first-order valence-corrected chi connectivity index (χ1v) is 10.5. The van der Waals surface area contributed by atoms with Crippen LogP contribution in [0.25, 0.3) is 0 Å². The van der Waals surface area contributed by atoms with Gasteiger partial charge < -0.3 is 14.5 Å². The van der Waals surface area contributed by atoms with Gasteiger partial charge in [0, 0.05) is 50.7 Å². The molecule has 146 valence electrons. The van der Waals surface area contributed by atoms with E-state index < -0.39 is 0 Å². The van der Waals surface area contributed by atoms with E-state index in [1.165, 1.54) is 6.42 Å². The molecule has 5 atom stereocenters. The third-order valence-electron chi connectivity index (χ3n) is 7.35. The number of hydrogen-bond acceptors (Lipinski definition) is 4. The van der Waals surface area contributed by atoms with Crippen molar-refractivity contribution in [2.24, 2.45) is 23.7 Å². The van der Waals surface area contributed by atoms with E-state index in [0.717, 1.165) is 45.6 Å². The number of likely N-dealkylation sites (tertiary alicyclic amines) is 1. The largest absolute Gasteiger partial charge is 0.450 e. The van der Waals surface area contributed by atoms with Crippen LogP contribution in [0.1, 0.15) is 40.0 Å². The molecule has 6 heteroatoms. The molecule has 0 radical (unpaired) electrons. The Balaban J connectivity index is 1.32. The molecule has 3 heterocycles. The van der Waals surface area contributed by atoms with Crippen LogP contribution in [-0.2, 0) is 9.53 Å². The number of piperidine rings is 3. The first-order valence-electron chi connectivity index (χ1n) is 10.5. The molecule has 2 saturated carbocycles. The SMILES string of the molecule is CCOC(=O)N1C[C@@H]2CC[C@H]1C[C@@H]2N1C[C@@H]2C(C(=O)N(CC)CC)[C@H]2C1. The second-order valence-corrected chi connectivity index (χ2v) is 8.46. The predicted octanol–water partition coefficient (Wildman–Crippen LogP) is 2.04. The summed E-state index contributed by atoms with van der Waals surface area (Å²) in [6.07, 6.45) is 3.29. The zero-order valence-corrected chi connectivity index (χ0v) is 16.4. The van der Waals surface area contributed by atoms with E-state index in [1.54, 1.807) is 0 Å². The zero-order valence-electron chi connectivity index (χ0n) is 16.4. The fourth-order valence-electron chi connectivity index (χ4n) is 5.91. The van der Waals surface area contributed by atoms with Gasteiger partial charge in [-0.2, -0.15) is 0 Å². The maximum absolute atomic E-state index is 12.6. The van der Waals surface area contributed by atoms with Crippen LogP contribution in [-0.4, -0.2) is 78.1 Å². The molecule has 3 saturated heterocycles. The third kappa shape index (κ3) is 2.90. The molecule has 0 aromatic carbocycles. The minimum atomic E-state index is -0.130. The maximum atomic E-state index is 12.6.